The summed E-state index contributed by atoms with van der Waals surface area (Å²) in [4.78, 5) is 10.1. The summed E-state index contributed by atoms with van der Waals surface area (Å²) in [5.74, 6) is 0. The van der Waals surface area contributed by atoms with Crippen LogP contribution in [-0.4, -0.2) is 38.5 Å². The monoisotopic (exact) mass is 216 g/mol. The zero-order valence-electron chi connectivity index (χ0n) is 9.31. The maximum Gasteiger partial charge on any atom is 0.157 e. The molecule has 88 valence electrons. The second kappa shape index (κ2) is 7.79. The molecule has 0 aliphatic carbocycles. The van der Waals surface area contributed by atoms with Crippen molar-refractivity contribution in [2.45, 2.75) is 45.0 Å². The molecule has 1 unspecified atom stereocenters. The third kappa shape index (κ3) is 5.87. The van der Waals surface area contributed by atoms with Crippen LogP contribution >= 0.6 is 0 Å². The summed E-state index contributed by atoms with van der Waals surface area (Å²) in [5.41, 5.74) is 0. The lowest BCUT2D eigenvalue weighted by molar-refractivity contribution is -0.178. The molecule has 0 N–H and O–H groups in total. The van der Waals surface area contributed by atoms with Crippen molar-refractivity contribution in [3.05, 3.63) is 0 Å². The number of ether oxygens (including phenoxy) is 3. The highest BCUT2D eigenvalue weighted by molar-refractivity contribution is 5.49. The van der Waals surface area contributed by atoms with Gasteiger partial charge in [-0.25, -0.2) is 0 Å². The van der Waals surface area contributed by atoms with E-state index in [4.69, 9.17) is 14.2 Å². The SMILES string of the molecule is C[C@H](COC1CCCCO1)OCCC=O. The first-order valence-electron chi connectivity index (χ1n) is 5.61. The molecule has 0 spiro atoms. The van der Waals surface area contributed by atoms with Crippen molar-refractivity contribution in [3.8, 4) is 0 Å². The summed E-state index contributed by atoms with van der Waals surface area (Å²) in [6.45, 7) is 3.74. The van der Waals surface area contributed by atoms with Gasteiger partial charge in [-0.2, -0.15) is 0 Å². The molecule has 1 rings (SSSR count). The Balaban J connectivity index is 1.99. The molecule has 0 saturated carbocycles. The molecule has 15 heavy (non-hydrogen) atoms. The van der Waals surface area contributed by atoms with Gasteiger partial charge in [0.25, 0.3) is 0 Å². The van der Waals surface area contributed by atoms with Gasteiger partial charge >= 0.3 is 0 Å². The van der Waals surface area contributed by atoms with E-state index in [2.05, 4.69) is 0 Å². The van der Waals surface area contributed by atoms with Crippen molar-refractivity contribution in [1.29, 1.82) is 0 Å². The van der Waals surface area contributed by atoms with E-state index in [0.717, 1.165) is 25.7 Å². The molecule has 0 aromatic rings. The molecule has 1 saturated heterocycles. The number of aldehydes is 1. The van der Waals surface area contributed by atoms with E-state index in [1.165, 1.54) is 6.42 Å². The van der Waals surface area contributed by atoms with Gasteiger partial charge in [-0.1, -0.05) is 0 Å². The van der Waals surface area contributed by atoms with E-state index in [-0.39, 0.29) is 12.4 Å². The molecule has 1 heterocycles. The first kappa shape index (κ1) is 12.6. The Kier molecular flexibility index (Phi) is 6.55. The second-order valence-electron chi connectivity index (χ2n) is 3.77. The summed E-state index contributed by atoms with van der Waals surface area (Å²) in [6, 6.07) is 0. The molecule has 2 atom stereocenters. The zero-order valence-corrected chi connectivity index (χ0v) is 9.31. The highest BCUT2D eigenvalue weighted by Crippen LogP contribution is 2.14. The van der Waals surface area contributed by atoms with Crippen LogP contribution in [0.1, 0.15) is 32.6 Å². The maximum absolute atomic E-state index is 10.1. The summed E-state index contributed by atoms with van der Waals surface area (Å²) >= 11 is 0. The van der Waals surface area contributed by atoms with Crippen molar-refractivity contribution in [2.24, 2.45) is 0 Å². The van der Waals surface area contributed by atoms with Gasteiger partial charge < -0.3 is 19.0 Å². The Bertz CT molecular complexity index is 166. The van der Waals surface area contributed by atoms with Gasteiger partial charge in [0.15, 0.2) is 6.29 Å². The molecule has 4 heteroatoms. The molecule has 0 bridgehead atoms. The molecule has 4 nitrogen and oxygen atoms in total. The minimum absolute atomic E-state index is 0.0236. The Labute approximate surface area is 90.9 Å². The van der Waals surface area contributed by atoms with Crippen molar-refractivity contribution in [2.75, 3.05) is 19.8 Å². The molecule has 1 aliphatic heterocycles. The molecule has 0 aromatic carbocycles. The molecule has 0 amide bonds. The Morgan fingerprint density at radius 2 is 2.40 bits per heavy atom. The summed E-state index contributed by atoms with van der Waals surface area (Å²) in [7, 11) is 0. The summed E-state index contributed by atoms with van der Waals surface area (Å²) in [5, 5.41) is 0. The number of hydrogen-bond donors (Lipinski definition) is 0. The van der Waals surface area contributed by atoms with Crippen LogP contribution < -0.4 is 0 Å². The molecule has 1 aliphatic rings. The van der Waals surface area contributed by atoms with E-state index in [1.807, 2.05) is 6.92 Å². The van der Waals surface area contributed by atoms with Crippen molar-refractivity contribution >= 4 is 6.29 Å². The maximum atomic E-state index is 10.1. The van der Waals surface area contributed by atoms with Gasteiger partial charge in [-0.05, 0) is 26.2 Å². The summed E-state index contributed by atoms with van der Waals surface area (Å²) in [6.07, 6.45) is 4.55. The van der Waals surface area contributed by atoms with E-state index in [9.17, 15) is 4.79 Å². The van der Waals surface area contributed by atoms with Gasteiger partial charge in [0, 0.05) is 13.0 Å². The van der Waals surface area contributed by atoms with E-state index < -0.39 is 0 Å². The lowest BCUT2D eigenvalue weighted by Crippen LogP contribution is -2.27. The Morgan fingerprint density at radius 3 is 3.07 bits per heavy atom. The summed E-state index contributed by atoms with van der Waals surface area (Å²) < 4.78 is 16.3. The largest absolute Gasteiger partial charge is 0.376 e. The van der Waals surface area contributed by atoms with Gasteiger partial charge in [0.05, 0.1) is 19.3 Å². The fourth-order valence-electron chi connectivity index (χ4n) is 1.45. The van der Waals surface area contributed by atoms with Crippen molar-refractivity contribution < 1.29 is 19.0 Å². The minimum Gasteiger partial charge on any atom is -0.376 e. The van der Waals surface area contributed by atoms with E-state index in [0.29, 0.717) is 19.6 Å². The quantitative estimate of drug-likeness (QED) is 0.478. The number of hydrogen-bond acceptors (Lipinski definition) is 4. The van der Waals surface area contributed by atoms with Gasteiger partial charge in [0.1, 0.15) is 6.29 Å². The minimum atomic E-state index is -0.0594. The lowest BCUT2D eigenvalue weighted by atomic mass is 10.2. The van der Waals surface area contributed by atoms with E-state index in [1.54, 1.807) is 0 Å². The fraction of sp³-hybridized carbons (Fsp3) is 0.909. The number of carbonyl (C=O) groups excluding carboxylic acids is 1. The smallest absolute Gasteiger partial charge is 0.157 e. The average Bonchev–Trinajstić information content (AvgIpc) is 2.28. The second-order valence-corrected chi connectivity index (χ2v) is 3.77. The van der Waals surface area contributed by atoms with Crippen molar-refractivity contribution in [3.63, 3.8) is 0 Å². The zero-order chi connectivity index (χ0) is 10.9. The van der Waals surface area contributed by atoms with Crippen LogP contribution in [0.15, 0.2) is 0 Å². The molecular formula is C11H20O4. The number of carbonyl (C=O) groups is 1. The van der Waals surface area contributed by atoms with Crippen LogP contribution in [0, 0.1) is 0 Å². The van der Waals surface area contributed by atoms with Gasteiger partial charge in [-0.15, -0.1) is 0 Å². The lowest BCUT2D eigenvalue weighted by Gasteiger charge is -2.24. The first-order chi connectivity index (χ1) is 7.33. The normalized spacial score (nSPS) is 23.7. The van der Waals surface area contributed by atoms with Crippen LogP contribution in [0.2, 0.25) is 0 Å². The van der Waals surface area contributed by atoms with Gasteiger partial charge in [0.2, 0.25) is 0 Å². The van der Waals surface area contributed by atoms with Crippen molar-refractivity contribution in [1.82, 2.24) is 0 Å². The molecule has 0 aromatic heterocycles. The van der Waals surface area contributed by atoms with E-state index >= 15 is 0 Å². The van der Waals surface area contributed by atoms with Crippen LogP contribution in [-0.2, 0) is 19.0 Å². The Morgan fingerprint density at radius 1 is 1.53 bits per heavy atom. The van der Waals surface area contributed by atoms with Crippen LogP contribution in [0.25, 0.3) is 0 Å². The highest BCUT2D eigenvalue weighted by atomic mass is 16.7. The van der Waals surface area contributed by atoms with Crippen LogP contribution in [0.4, 0.5) is 0 Å². The molecule has 0 radical (unpaired) electrons. The Hall–Kier alpha value is -0.450. The average molecular weight is 216 g/mol. The predicted molar refractivity (Wildman–Crippen MR) is 55.6 cm³/mol. The van der Waals surface area contributed by atoms with Gasteiger partial charge in [-0.3, -0.25) is 0 Å². The topological polar surface area (TPSA) is 44.8 Å². The first-order valence-corrected chi connectivity index (χ1v) is 5.61. The fourth-order valence-corrected chi connectivity index (χ4v) is 1.45. The number of rotatable bonds is 7. The molecular weight excluding hydrogens is 196 g/mol. The molecule has 1 fully saturated rings. The third-order valence-corrected chi connectivity index (χ3v) is 2.29. The van der Waals surface area contributed by atoms with Crippen LogP contribution in [0.3, 0.4) is 0 Å². The standard InChI is InChI=1S/C11H20O4/c1-10(13-8-4-6-12)9-15-11-5-2-3-7-14-11/h6,10-11H,2-5,7-9H2,1H3/t10-,11?/m1/s1. The van der Waals surface area contributed by atoms with Crippen LogP contribution in [0.5, 0.6) is 0 Å². The predicted octanol–water partition coefficient (Wildman–Crippen LogP) is 1.52. The highest BCUT2D eigenvalue weighted by Gasteiger charge is 2.15. The third-order valence-electron chi connectivity index (χ3n) is 2.29.